The first kappa shape index (κ1) is 12.6. The van der Waals surface area contributed by atoms with Gasteiger partial charge in [0.1, 0.15) is 0 Å². The van der Waals surface area contributed by atoms with Gasteiger partial charge in [-0.05, 0) is 19.7 Å². The molecule has 0 radical (unpaired) electrons. The zero-order valence-corrected chi connectivity index (χ0v) is 10.9. The second-order valence-electron chi connectivity index (χ2n) is 4.20. The van der Waals surface area contributed by atoms with Crippen LogP contribution in [0.2, 0.25) is 0 Å². The first-order valence-electron chi connectivity index (χ1n) is 5.89. The molecule has 0 unspecified atom stereocenters. The Labute approximate surface area is 106 Å². The maximum absolute atomic E-state index is 12.2. The number of Topliss-reactive ketones (excluding diaryl/α,β-unsaturated/α-hetero) is 1. The summed E-state index contributed by atoms with van der Waals surface area (Å²) < 4.78 is 5.21. The summed E-state index contributed by atoms with van der Waals surface area (Å²) in [5.74, 6) is 0.549. The number of aromatic amines is 1. The van der Waals surface area contributed by atoms with E-state index in [9.17, 15) is 4.79 Å². The Bertz CT molecular complexity index is 562. The molecule has 0 fully saturated rings. The number of likely N-dealkylation sites (N-methyl/N-ethyl adjacent to an activating group) is 1. The van der Waals surface area contributed by atoms with Crippen LogP contribution >= 0.6 is 0 Å². The van der Waals surface area contributed by atoms with Crippen LogP contribution in [0.3, 0.4) is 0 Å². The van der Waals surface area contributed by atoms with Crippen molar-refractivity contribution in [1.29, 1.82) is 0 Å². The quantitative estimate of drug-likeness (QED) is 0.817. The van der Waals surface area contributed by atoms with E-state index in [1.54, 1.807) is 19.5 Å². The molecule has 0 amide bonds. The van der Waals surface area contributed by atoms with E-state index in [0.29, 0.717) is 18.0 Å². The standard InChI is InChI=1S/C13H17N3O2/c1-4-16(2)8-11(17)9-7-15-10-5-6-14-13(18-3)12(9)10/h5-7,15H,4,8H2,1-3H3. The van der Waals surface area contributed by atoms with Crippen molar-refractivity contribution in [3.05, 3.63) is 24.0 Å². The zero-order valence-electron chi connectivity index (χ0n) is 10.9. The van der Waals surface area contributed by atoms with Crippen LogP contribution in [0.4, 0.5) is 0 Å². The van der Waals surface area contributed by atoms with Crippen molar-refractivity contribution in [2.24, 2.45) is 0 Å². The Morgan fingerprint density at radius 2 is 2.33 bits per heavy atom. The molecule has 2 aromatic heterocycles. The Balaban J connectivity index is 2.42. The Morgan fingerprint density at radius 1 is 1.56 bits per heavy atom. The van der Waals surface area contributed by atoms with E-state index in [2.05, 4.69) is 9.97 Å². The average Bonchev–Trinajstić information content (AvgIpc) is 2.82. The topological polar surface area (TPSA) is 58.2 Å². The van der Waals surface area contributed by atoms with Crippen LogP contribution in [0.15, 0.2) is 18.5 Å². The number of pyridine rings is 1. The molecule has 2 rings (SSSR count). The molecule has 1 N–H and O–H groups in total. The molecule has 0 aliphatic rings. The second kappa shape index (κ2) is 5.18. The van der Waals surface area contributed by atoms with Gasteiger partial charge < -0.3 is 9.72 Å². The molecule has 0 spiro atoms. The van der Waals surface area contributed by atoms with Gasteiger partial charge in [0.25, 0.3) is 0 Å². The molecule has 2 heterocycles. The molecular weight excluding hydrogens is 230 g/mol. The van der Waals surface area contributed by atoms with Crippen molar-refractivity contribution in [2.45, 2.75) is 6.92 Å². The highest BCUT2D eigenvalue weighted by molar-refractivity contribution is 6.10. The number of carbonyl (C=O) groups excluding carboxylic acids is 1. The van der Waals surface area contributed by atoms with Gasteiger partial charge in [0.15, 0.2) is 5.78 Å². The third kappa shape index (κ3) is 2.22. The first-order valence-corrected chi connectivity index (χ1v) is 5.89. The lowest BCUT2D eigenvalue weighted by Crippen LogP contribution is -2.25. The molecule has 5 nitrogen and oxygen atoms in total. The van der Waals surface area contributed by atoms with E-state index in [-0.39, 0.29) is 5.78 Å². The molecule has 0 saturated carbocycles. The highest BCUT2D eigenvalue weighted by Gasteiger charge is 2.17. The van der Waals surface area contributed by atoms with Crippen LogP contribution in [0.25, 0.3) is 10.9 Å². The van der Waals surface area contributed by atoms with E-state index in [1.807, 2.05) is 24.9 Å². The SMILES string of the molecule is CCN(C)CC(=O)c1c[nH]c2ccnc(OC)c12. The molecule has 96 valence electrons. The van der Waals surface area contributed by atoms with Crippen LogP contribution in [-0.4, -0.2) is 47.9 Å². The maximum atomic E-state index is 12.2. The molecule has 0 bridgehead atoms. The fourth-order valence-electron chi connectivity index (χ4n) is 1.86. The number of H-pyrrole nitrogens is 1. The zero-order chi connectivity index (χ0) is 13.1. The van der Waals surface area contributed by atoms with Crippen molar-refractivity contribution in [2.75, 3.05) is 27.2 Å². The molecule has 18 heavy (non-hydrogen) atoms. The van der Waals surface area contributed by atoms with Gasteiger partial charge in [-0.25, -0.2) is 4.98 Å². The second-order valence-corrected chi connectivity index (χ2v) is 4.20. The van der Waals surface area contributed by atoms with E-state index in [4.69, 9.17) is 4.74 Å². The predicted molar refractivity (Wildman–Crippen MR) is 70.1 cm³/mol. The summed E-state index contributed by atoms with van der Waals surface area (Å²) in [6, 6.07) is 1.83. The molecule has 0 aliphatic carbocycles. The minimum atomic E-state index is 0.0666. The summed E-state index contributed by atoms with van der Waals surface area (Å²) in [7, 11) is 3.48. The van der Waals surface area contributed by atoms with E-state index < -0.39 is 0 Å². The van der Waals surface area contributed by atoms with Crippen LogP contribution in [0.5, 0.6) is 5.88 Å². The number of ketones is 1. The number of carbonyl (C=O) groups is 1. The lowest BCUT2D eigenvalue weighted by molar-refractivity contribution is 0.0950. The fraction of sp³-hybridized carbons (Fsp3) is 0.385. The minimum Gasteiger partial charge on any atom is -0.480 e. The summed E-state index contributed by atoms with van der Waals surface area (Å²) in [4.78, 5) is 21.4. The summed E-state index contributed by atoms with van der Waals surface area (Å²) in [5.41, 5.74) is 1.50. The van der Waals surface area contributed by atoms with Gasteiger partial charge >= 0.3 is 0 Å². The molecule has 0 saturated heterocycles. The summed E-state index contributed by atoms with van der Waals surface area (Å²) in [5, 5.41) is 0.759. The Kier molecular flexibility index (Phi) is 3.62. The van der Waals surface area contributed by atoms with E-state index in [0.717, 1.165) is 17.4 Å². The van der Waals surface area contributed by atoms with Crippen molar-refractivity contribution < 1.29 is 9.53 Å². The number of fused-ring (bicyclic) bond motifs is 1. The third-order valence-electron chi connectivity index (χ3n) is 3.00. The molecule has 5 heteroatoms. The van der Waals surface area contributed by atoms with Gasteiger partial charge in [-0.2, -0.15) is 0 Å². The van der Waals surface area contributed by atoms with Gasteiger partial charge in [0, 0.05) is 18.0 Å². The number of rotatable bonds is 5. The molecule has 0 aromatic carbocycles. The Morgan fingerprint density at radius 3 is 3.00 bits per heavy atom. The number of hydrogen-bond donors (Lipinski definition) is 1. The number of nitrogens with one attached hydrogen (secondary N) is 1. The summed E-state index contributed by atoms with van der Waals surface area (Å²) in [6.45, 7) is 3.25. The summed E-state index contributed by atoms with van der Waals surface area (Å²) in [6.07, 6.45) is 3.38. The van der Waals surface area contributed by atoms with Gasteiger partial charge in [-0.15, -0.1) is 0 Å². The summed E-state index contributed by atoms with van der Waals surface area (Å²) >= 11 is 0. The average molecular weight is 247 g/mol. The van der Waals surface area contributed by atoms with E-state index in [1.165, 1.54) is 0 Å². The van der Waals surface area contributed by atoms with Crippen LogP contribution in [0.1, 0.15) is 17.3 Å². The molecule has 0 aliphatic heterocycles. The highest BCUT2D eigenvalue weighted by atomic mass is 16.5. The van der Waals surface area contributed by atoms with Crippen LogP contribution < -0.4 is 4.74 Å². The smallest absolute Gasteiger partial charge is 0.223 e. The molecular formula is C13H17N3O2. The van der Waals surface area contributed by atoms with Crippen LogP contribution in [-0.2, 0) is 0 Å². The van der Waals surface area contributed by atoms with Gasteiger partial charge in [0.2, 0.25) is 5.88 Å². The van der Waals surface area contributed by atoms with Crippen LogP contribution in [0, 0.1) is 0 Å². The monoisotopic (exact) mass is 247 g/mol. The van der Waals surface area contributed by atoms with Crippen molar-refractivity contribution in [3.63, 3.8) is 0 Å². The molecule has 2 aromatic rings. The Hall–Kier alpha value is -1.88. The number of nitrogens with zero attached hydrogens (tertiary/aromatic N) is 2. The fourth-order valence-corrected chi connectivity index (χ4v) is 1.86. The van der Waals surface area contributed by atoms with Crippen molar-refractivity contribution in [1.82, 2.24) is 14.9 Å². The van der Waals surface area contributed by atoms with Crippen molar-refractivity contribution in [3.8, 4) is 5.88 Å². The maximum Gasteiger partial charge on any atom is 0.223 e. The molecule has 0 atom stereocenters. The first-order chi connectivity index (χ1) is 8.67. The van der Waals surface area contributed by atoms with Gasteiger partial charge in [0.05, 0.1) is 24.6 Å². The highest BCUT2D eigenvalue weighted by Crippen LogP contribution is 2.26. The van der Waals surface area contributed by atoms with Crippen molar-refractivity contribution >= 4 is 16.7 Å². The number of aromatic nitrogens is 2. The largest absolute Gasteiger partial charge is 0.480 e. The lowest BCUT2D eigenvalue weighted by Gasteiger charge is -2.12. The number of ether oxygens (including phenoxy) is 1. The third-order valence-corrected chi connectivity index (χ3v) is 3.00. The van der Waals surface area contributed by atoms with Gasteiger partial charge in [-0.3, -0.25) is 9.69 Å². The number of methoxy groups -OCH3 is 1. The van der Waals surface area contributed by atoms with Gasteiger partial charge in [-0.1, -0.05) is 6.92 Å². The lowest BCUT2D eigenvalue weighted by atomic mass is 10.1. The minimum absolute atomic E-state index is 0.0666. The predicted octanol–water partition coefficient (Wildman–Crippen LogP) is 1.71. The van der Waals surface area contributed by atoms with E-state index >= 15 is 0 Å². The number of hydrogen-bond acceptors (Lipinski definition) is 4. The normalized spacial score (nSPS) is 11.1.